The van der Waals surface area contributed by atoms with E-state index in [1.807, 2.05) is 0 Å². The van der Waals surface area contributed by atoms with E-state index >= 15 is 0 Å². The van der Waals surface area contributed by atoms with Gasteiger partial charge in [0, 0.05) is 25.0 Å². The molecule has 2 fully saturated rings. The van der Waals surface area contributed by atoms with E-state index < -0.39 is 0 Å². The second-order valence-electron chi connectivity index (χ2n) is 6.27. The van der Waals surface area contributed by atoms with Gasteiger partial charge in [0.1, 0.15) is 6.10 Å². The maximum Gasteiger partial charge on any atom is 0.229 e. The first kappa shape index (κ1) is 14.9. The third-order valence-electron chi connectivity index (χ3n) is 4.50. The van der Waals surface area contributed by atoms with Crippen LogP contribution in [-0.2, 0) is 4.74 Å². The van der Waals surface area contributed by atoms with Gasteiger partial charge in [0.05, 0.1) is 6.61 Å². The molecule has 1 aliphatic heterocycles. The van der Waals surface area contributed by atoms with E-state index in [9.17, 15) is 0 Å². The summed E-state index contributed by atoms with van der Waals surface area (Å²) in [4.78, 5) is 7.01. The minimum Gasteiger partial charge on any atom is -0.367 e. The number of nitrogens with two attached hydrogens (primary N) is 1. The van der Waals surface area contributed by atoms with Crippen molar-refractivity contribution in [2.45, 2.75) is 57.1 Å². The SMILES string of the molecule is CCCN1CCOC(c2noc(C3CCCC(N)C3)n2)C1. The van der Waals surface area contributed by atoms with Gasteiger partial charge in [-0.25, -0.2) is 0 Å². The molecule has 0 amide bonds. The predicted octanol–water partition coefficient (Wildman–Crippen LogP) is 1.84. The van der Waals surface area contributed by atoms with Crippen molar-refractivity contribution in [2.24, 2.45) is 5.73 Å². The van der Waals surface area contributed by atoms with Crippen LogP contribution in [0.1, 0.15) is 62.8 Å². The Morgan fingerprint density at radius 1 is 1.38 bits per heavy atom. The second kappa shape index (κ2) is 6.85. The summed E-state index contributed by atoms with van der Waals surface area (Å²) in [6.45, 7) is 5.89. The zero-order valence-corrected chi connectivity index (χ0v) is 12.8. The number of ether oxygens (including phenoxy) is 1. The van der Waals surface area contributed by atoms with Gasteiger partial charge < -0.3 is 15.0 Å². The van der Waals surface area contributed by atoms with Crippen LogP contribution in [0.25, 0.3) is 0 Å². The average molecular weight is 294 g/mol. The van der Waals surface area contributed by atoms with Crippen molar-refractivity contribution in [1.29, 1.82) is 0 Å². The van der Waals surface area contributed by atoms with Crippen LogP contribution in [0.5, 0.6) is 0 Å². The molecule has 6 heteroatoms. The molecule has 3 unspecified atom stereocenters. The van der Waals surface area contributed by atoms with Gasteiger partial charge in [0.15, 0.2) is 0 Å². The lowest BCUT2D eigenvalue weighted by atomic mass is 9.86. The summed E-state index contributed by atoms with van der Waals surface area (Å²) < 4.78 is 11.3. The predicted molar refractivity (Wildman–Crippen MR) is 78.9 cm³/mol. The van der Waals surface area contributed by atoms with E-state index in [1.54, 1.807) is 0 Å². The minimum absolute atomic E-state index is 0.0555. The minimum atomic E-state index is -0.0555. The monoisotopic (exact) mass is 294 g/mol. The summed E-state index contributed by atoms with van der Waals surface area (Å²) in [6, 6.07) is 0.269. The Labute approximate surface area is 126 Å². The Balaban J connectivity index is 1.64. The fraction of sp³-hybridized carbons (Fsp3) is 0.867. The van der Waals surface area contributed by atoms with Crippen molar-refractivity contribution in [2.75, 3.05) is 26.2 Å². The van der Waals surface area contributed by atoms with Crippen LogP contribution in [0.3, 0.4) is 0 Å². The van der Waals surface area contributed by atoms with Crippen LogP contribution in [0.4, 0.5) is 0 Å². The van der Waals surface area contributed by atoms with Gasteiger partial charge in [-0.3, -0.25) is 4.90 Å². The number of rotatable bonds is 4. The Morgan fingerprint density at radius 3 is 3.10 bits per heavy atom. The molecule has 0 radical (unpaired) electrons. The van der Waals surface area contributed by atoms with Gasteiger partial charge in [-0.1, -0.05) is 18.5 Å². The molecule has 0 bridgehead atoms. The highest BCUT2D eigenvalue weighted by atomic mass is 16.5. The molecule has 0 aromatic carbocycles. The number of nitrogens with zero attached hydrogens (tertiary/aromatic N) is 3. The van der Waals surface area contributed by atoms with Crippen LogP contribution in [-0.4, -0.2) is 47.3 Å². The van der Waals surface area contributed by atoms with E-state index in [2.05, 4.69) is 22.0 Å². The molecule has 2 N–H and O–H groups in total. The maximum atomic E-state index is 6.04. The van der Waals surface area contributed by atoms with E-state index in [4.69, 9.17) is 15.0 Å². The fourth-order valence-corrected chi connectivity index (χ4v) is 3.37. The lowest BCUT2D eigenvalue weighted by molar-refractivity contribution is -0.0350. The maximum absolute atomic E-state index is 6.04. The third kappa shape index (κ3) is 3.62. The number of hydrogen-bond acceptors (Lipinski definition) is 6. The highest BCUT2D eigenvalue weighted by Crippen LogP contribution is 2.32. The molecule has 1 aromatic rings. The van der Waals surface area contributed by atoms with Crippen molar-refractivity contribution in [1.82, 2.24) is 15.0 Å². The highest BCUT2D eigenvalue weighted by Gasteiger charge is 2.29. The Kier molecular flexibility index (Phi) is 4.87. The zero-order valence-electron chi connectivity index (χ0n) is 12.8. The fourth-order valence-electron chi connectivity index (χ4n) is 3.37. The van der Waals surface area contributed by atoms with Crippen LogP contribution in [0.15, 0.2) is 4.52 Å². The topological polar surface area (TPSA) is 77.4 Å². The summed E-state index contributed by atoms with van der Waals surface area (Å²) in [7, 11) is 0. The molecule has 2 heterocycles. The Hall–Kier alpha value is -0.980. The van der Waals surface area contributed by atoms with Crippen LogP contribution in [0.2, 0.25) is 0 Å². The zero-order chi connectivity index (χ0) is 14.7. The third-order valence-corrected chi connectivity index (χ3v) is 4.50. The van der Waals surface area contributed by atoms with Crippen molar-refractivity contribution in [3.8, 4) is 0 Å². The van der Waals surface area contributed by atoms with E-state index in [0.29, 0.717) is 11.7 Å². The van der Waals surface area contributed by atoms with E-state index in [1.165, 1.54) is 0 Å². The number of aromatic nitrogens is 2. The van der Waals surface area contributed by atoms with Crippen LogP contribution >= 0.6 is 0 Å². The largest absolute Gasteiger partial charge is 0.367 e. The Bertz CT molecular complexity index is 449. The summed E-state index contributed by atoms with van der Waals surface area (Å²) >= 11 is 0. The Morgan fingerprint density at radius 2 is 2.29 bits per heavy atom. The van der Waals surface area contributed by atoms with Gasteiger partial charge in [-0.15, -0.1) is 0 Å². The standard InChI is InChI=1S/C15H26N4O2/c1-2-6-19-7-8-20-13(10-19)14-17-15(21-18-14)11-4-3-5-12(16)9-11/h11-13H,2-10,16H2,1H3. The summed E-state index contributed by atoms with van der Waals surface area (Å²) in [6.07, 6.45) is 5.41. The van der Waals surface area contributed by atoms with Crippen molar-refractivity contribution < 1.29 is 9.26 Å². The van der Waals surface area contributed by atoms with E-state index in [0.717, 1.165) is 64.2 Å². The van der Waals surface area contributed by atoms with Crippen molar-refractivity contribution >= 4 is 0 Å². The summed E-state index contributed by atoms with van der Waals surface area (Å²) in [5.74, 6) is 1.77. The van der Waals surface area contributed by atoms with Gasteiger partial charge in [0.2, 0.25) is 11.7 Å². The quantitative estimate of drug-likeness (QED) is 0.913. The average Bonchev–Trinajstić information content (AvgIpc) is 2.98. The molecular weight excluding hydrogens is 268 g/mol. The molecule has 1 aromatic heterocycles. The lowest BCUT2D eigenvalue weighted by Crippen LogP contribution is -2.39. The summed E-state index contributed by atoms with van der Waals surface area (Å²) in [5, 5.41) is 4.16. The molecule has 1 saturated carbocycles. The molecule has 3 rings (SSSR count). The molecule has 6 nitrogen and oxygen atoms in total. The molecule has 1 aliphatic carbocycles. The van der Waals surface area contributed by atoms with Crippen LogP contribution < -0.4 is 5.73 Å². The molecule has 118 valence electrons. The van der Waals surface area contributed by atoms with Gasteiger partial charge in [-0.05, 0) is 32.2 Å². The molecule has 21 heavy (non-hydrogen) atoms. The number of hydrogen-bond donors (Lipinski definition) is 1. The first-order valence-electron chi connectivity index (χ1n) is 8.19. The lowest BCUT2D eigenvalue weighted by Gasteiger charge is -2.31. The molecule has 0 spiro atoms. The van der Waals surface area contributed by atoms with Gasteiger partial charge in [-0.2, -0.15) is 4.98 Å². The normalized spacial score (nSPS) is 31.4. The molecular formula is C15H26N4O2. The van der Waals surface area contributed by atoms with E-state index in [-0.39, 0.29) is 12.1 Å². The first-order chi connectivity index (χ1) is 10.3. The van der Waals surface area contributed by atoms with Crippen LogP contribution in [0, 0.1) is 0 Å². The van der Waals surface area contributed by atoms with Gasteiger partial charge >= 0.3 is 0 Å². The van der Waals surface area contributed by atoms with Crippen molar-refractivity contribution in [3.63, 3.8) is 0 Å². The smallest absolute Gasteiger partial charge is 0.229 e. The first-order valence-corrected chi connectivity index (χ1v) is 8.19. The summed E-state index contributed by atoms with van der Waals surface area (Å²) in [5.41, 5.74) is 6.04. The van der Waals surface area contributed by atoms with Crippen molar-refractivity contribution in [3.05, 3.63) is 11.7 Å². The molecule has 1 saturated heterocycles. The second-order valence-corrected chi connectivity index (χ2v) is 6.27. The molecule has 2 aliphatic rings. The van der Waals surface area contributed by atoms with Gasteiger partial charge in [0.25, 0.3) is 0 Å². The highest BCUT2D eigenvalue weighted by molar-refractivity contribution is 5.00. The molecule has 3 atom stereocenters. The number of morpholine rings is 1.